The molecule has 1 heterocycles. The lowest BCUT2D eigenvalue weighted by molar-refractivity contribution is 0.0931. The lowest BCUT2D eigenvalue weighted by Gasteiger charge is -2.38. The molecule has 184 valence electrons. The number of piperidine rings is 1. The molecule has 0 bridgehead atoms. The largest absolute Gasteiger partial charge is 0.398 e. The van der Waals surface area contributed by atoms with Crippen LogP contribution in [0.1, 0.15) is 40.4 Å². The van der Waals surface area contributed by atoms with Crippen LogP contribution < -0.4 is 16.0 Å². The summed E-state index contributed by atoms with van der Waals surface area (Å²) in [5.41, 5.74) is 9.86. The van der Waals surface area contributed by atoms with E-state index in [-0.39, 0.29) is 23.6 Å². The third-order valence-electron chi connectivity index (χ3n) is 6.73. The van der Waals surface area contributed by atoms with E-state index >= 15 is 0 Å². The van der Waals surface area contributed by atoms with Crippen LogP contribution in [0.25, 0.3) is 0 Å². The topological polar surface area (TPSA) is 61.6 Å². The van der Waals surface area contributed by atoms with E-state index in [1.54, 1.807) is 30.3 Å². The summed E-state index contributed by atoms with van der Waals surface area (Å²) in [5, 5.41) is 3.06. The highest BCUT2D eigenvalue weighted by molar-refractivity contribution is 6.00. The first-order valence-corrected chi connectivity index (χ1v) is 11.9. The monoisotopic (exact) mass is 478 g/mol. The molecule has 0 atom stereocenters. The maximum absolute atomic E-state index is 13.6. The molecule has 1 amide bonds. The fourth-order valence-electron chi connectivity index (χ4n) is 4.67. The van der Waals surface area contributed by atoms with Crippen molar-refractivity contribution in [2.24, 2.45) is 5.92 Å². The zero-order valence-corrected chi connectivity index (χ0v) is 20.2. The number of carbonyl (C=O) groups is 1. The minimum atomic E-state index is -0.280. The summed E-state index contributed by atoms with van der Waals surface area (Å²) >= 11 is 0. The smallest absolute Gasteiger partial charge is 0.253 e. The molecule has 1 aliphatic heterocycles. The van der Waals surface area contributed by atoms with Crippen molar-refractivity contribution in [3.05, 3.63) is 95.1 Å². The van der Waals surface area contributed by atoms with Gasteiger partial charge in [-0.15, -0.1) is 0 Å². The highest BCUT2D eigenvalue weighted by Crippen LogP contribution is 2.32. The average molecular weight is 479 g/mol. The number of anilines is 2. The molecular weight excluding hydrogens is 446 g/mol. The lowest BCUT2D eigenvalue weighted by atomic mass is 9.91. The second-order valence-corrected chi connectivity index (χ2v) is 9.36. The van der Waals surface area contributed by atoms with Crippen molar-refractivity contribution in [2.75, 3.05) is 44.4 Å². The van der Waals surface area contributed by atoms with Gasteiger partial charge < -0.3 is 16.0 Å². The number of nitrogens with one attached hydrogen (secondary N) is 1. The summed E-state index contributed by atoms with van der Waals surface area (Å²) in [5.74, 6) is -0.379. The normalized spacial score (nSPS) is 14.8. The Morgan fingerprint density at radius 3 is 2.03 bits per heavy atom. The molecule has 3 N–H and O–H groups in total. The van der Waals surface area contributed by atoms with Gasteiger partial charge in [-0.25, -0.2) is 8.78 Å². The Kier molecular flexibility index (Phi) is 7.66. The number of rotatable bonds is 7. The van der Waals surface area contributed by atoms with E-state index in [9.17, 15) is 13.6 Å². The van der Waals surface area contributed by atoms with Crippen LogP contribution in [-0.4, -0.2) is 44.5 Å². The van der Waals surface area contributed by atoms with Crippen LogP contribution in [0.5, 0.6) is 0 Å². The molecule has 0 aromatic heterocycles. The van der Waals surface area contributed by atoms with Gasteiger partial charge in [0.25, 0.3) is 5.91 Å². The standard InChI is InChI=1S/C28H32F2N4O/c1-33(2)24-11-12-26(31)25(17-24)28(35)32-18-19-13-15-34(16-14-19)27(20-3-7-22(29)8-4-20)21-5-9-23(30)10-6-21/h3-12,17,19,27H,13-16,18,31H2,1-2H3,(H,32,35). The van der Waals surface area contributed by atoms with Crippen molar-refractivity contribution in [2.45, 2.75) is 18.9 Å². The van der Waals surface area contributed by atoms with Crippen LogP contribution in [0.15, 0.2) is 66.7 Å². The fourth-order valence-corrected chi connectivity index (χ4v) is 4.67. The summed E-state index contributed by atoms with van der Waals surface area (Å²) in [4.78, 5) is 17.1. The van der Waals surface area contributed by atoms with Crippen molar-refractivity contribution >= 4 is 17.3 Å². The Balaban J connectivity index is 1.40. The Labute approximate surface area is 205 Å². The molecule has 7 heteroatoms. The molecule has 0 saturated carbocycles. The van der Waals surface area contributed by atoms with Crippen molar-refractivity contribution < 1.29 is 13.6 Å². The first-order valence-electron chi connectivity index (χ1n) is 11.9. The average Bonchev–Trinajstić information content (AvgIpc) is 2.86. The van der Waals surface area contributed by atoms with Crippen molar-refractivity contribution in [3.8, 4) is 0 Å². The molecule has 0 aliphatic carbocycles. The number of hydrogen-bond acceptors (Lipinski definition) is 4. The third-order valence-corrected chi connectivity index (χ3v) is 6.73. The molecular formula is C28H32F2N4O. The van der Waals surface area contributed by atoms with Gasteiger partial charge in [0.1, 0.15) is 11.6 Å². The number of nitrogens with two attached hydrogens (primary N) is 1. The predicted molar refractivity (Wildman–Crippen MR) is 136 cm³/mol. The Morgan fingerprint density at radius 1 is 0.971 bits per heavy atom. The van der Waals surface area contributed by atoms with Crippen LogP contribution in [-0.2, 0) is 0 Å². The summed E-state index contributed by atoms with van der Waals surface area (Å²) in [6, 6.07) is 18.4. The Morgan fingerprint density at radius 2 is 1.51 bits per heavy atom. The van der Waals surface area contributed by atoms with E-state index in [4.69, 9.17) is 5.73 Å². The second-order valence-electron chi connectivity index (χ2n) is 9.36. The molecule has 1 saturated heterocycles. The third kappa shape index (κ3) is 5.98. The number of likely N-dealkylation sites (tertiary alicyclic amines) is 1. The number of nitrogens with zero attached hydrogens (tertiary/aromatic N) is 2. The van der Waals surface area contributed by atoms with Gasteiger partial charge in [0.05, 0.1) is 11.6 Å². The molecule has 4 rings (SSSR count). The first kappa shape index (κ1) is 24.7. The van der Waals surface area contributed by atoms with Gasteiger partial charge >= 0.3 is 0 Å². The van der Waals surface area contributed by atoms with Gasteiger partial charge in [-0.05, 0) is 85.4 Å². The summed E-state index contributed by atoms with van der Waals surface area (Å²) in [6.45, 7) is 2.21. The number of hydrogen-bond donors (Lipinski definition) is 2. The molecule has 1 aliphatic rings. The van der Waals surface area contributed by atoms with Crippen LogP contribution in [0.2, 0.25) is 0 Å². The SMILES string of the molecule is CN(C)c1ccc(N)c(C(=O)NCC2CCN(C(c3ccc(F)cc3)c3ccc(F)cc3)CC2)c1. The van der Waals surface area contributed by atoms with Crippen molar-refractivity contribution in [1.29, 1.82) is 0 Å². The maximum Gasteiger partial charge on any atom is 0.253 e. The Bertz CT molecular complexity index is 1100. The Hall–Kier alpha value is -3.45. The number of nitrogen functional groups attached to an aromatic ring is 1. The quantitative estimate of drug-likeness (QED) is 0.477. The summed E-state index contributed by atoms with van der Waals surface area (Å²) in [6.07, 6.45) is 1.82. The number of carbonyl (C=O) groups excluding carboxylic acids is 1. The molecule has 0 unspecified atom stereocenters. The molecule has 0 radical (unpaired) electrons. The molecule has 5 nitrogen and oxygen atoms in total. The lowest BCUT2D eigenvalue weighted by Crippen LogP contribution is -2.40. The van der Waals surface area contributed by atoms with Crippen LogP contribution in [0.4, 0.5) is 20.2 Å². The van der Waals surface area contributed by atoms with Crippen molar-refractivity contribution in [3.63, 3.8) is 0 Å². The summed E-state index contributed by atoms with van der Waals surface area (Å²) < 4.78 is 27.1. The van der Waals surface area contributed by atoms with Gasteiger partial charge in [-0.1, -0.05) is 24.3 Å². The minimum Gasteiger partial charge on any atom is -0.398 e. The number of benzene rings is 3. The zero-order valence-electron chi connectivity index (χ0n) is 20.2. The van der Waals surface area contributed by atoms with E-state index in [0.29, 0.717) is 23.7 Å². The maximum atomic E-state index is 13.6. The van der Waals surface area contributed by atoms with Gasteiger partial charge in [-0.2, -0.15) is 0 Å². The summed E-state index contributed by atoms with van der Waals surface area (Å²) in [7, 11) is 3.85. The predicted octanol–water partition coefficient (Wildman–Crippen LogP) is 4.84. The van der Waals surface area contributed by atoms with Crippen LogP contribution in [0.3, 0.4) is 0 Å². The van der Waals surface area contributed by atoms with Crippen molar-refractivity contribution in [1.82, 2.24) is 10.2 Å². The van der Waals surface area contributed by atoms with Crippen LogP contribution in [0, 0.1) is 17.6 Å². The molecule has 3 aromatic rings. The van der Waals surface area contributed by atoms with E-state index in [2.05, 4.69) is 10.2 Å². The molecule has 0 spiro atoms. The van der Waals surface area contributed by atoms with E-state index in [0.717, 1.165) is 42.7 Å². The van der Waals surface area contributed by atoms with Gasteiger partial charge in [0.2, 0.25) is 0 Å². The van der Waals surface area contributed by atoms with Gasteiger partial charge in [0, 0.05) is 32.0 Å². The highest BCUT2D eigenvalue weighted by atomic mass is 19.1. The van der Waals surface area contributed by atoms with E-state index in [1.807, 2.05) is 31.1 Å². The zero-order chi connectivity index (χ0) is 24.9. The van der Waals surface area contributed by atoms with Crippen LogP contribution >= 0.6 is 0 Å². The minimum absolute atomic E-state index is 0.0830. The van der Waals surface area contributed by atoms with Gasteiger partial charge in [-0.3, -0.25) is 9.69 Å². The number of amides is 1. The van der Waals surface area contributed by atoms with Gasteiger partial charge in [0.15, 0.2) is 0 Å². The number of halogens is 2. The first-order chi connectivity index (χ1) is 16.8. The molecule has 35 heavy (non-hydrogen) atoms. The van der Waals surface area contributed by atoms with E-state index in [1.165, 1.54) is 24.3 Å². The fraction of sp³-hybridized carbons (Fsp3) is 0.321. The van der Waals surface area contributed by atoms with E-state index < -0.39 is 0 Å². The molecule has 1 fully saturated rings. The second kappa shape index (κ2) is 10.9. The molecule has 3 aromatic carbocycles. The highest BCUT2D eigenvalue weighted by Gasteiger charge is 2.28.